The molecule has 0 aromatic carbocycles. The average molecular weight is 257 g/mol. The number of thioether (sulfide) groups is 1. The van der Waals surface area contributed by atoms with Crippen molar-refractivity contribution in [2.75, 3.05) is 32.0 Å². The minimum atomic E-state index is 0.258. The molecule has 0 saturated carbocycles. The lowest BCUT2D eigenvalue weighted by Gasteiger charge is -2.32. The Labute approximate surface area is 108 Å². The highest BCUT2D eigenvalue weighted by Crippen LogP contribution is 2.37. The first-order valence-corrected chi connectivity index (χ1v) is 7.38. The largest absolute Gasteiger partial charge is 0.375 e. The van der Waals surface area contributed by atoms with Crippen molar-refractivity contribution >= 4 is 17.7 Å². The molecular formula is C12H23N3OS. The number of nitrogens with zero attached hydrogens (tertiary/aromatic N) is 2. The predicted molar refractivity (Wildman–Crippen MR) is 73.6 cm³/mol. The quantitative estimate of drug-likeness (QED) is 0.598. The summed E-state index contributed by atoms with van der Waals surface area (Å²) < 4.78 is 5.81. The Bertz CT molecular complexity index is 289. The van der Waals surface area contributed by atoms with E-state index in [1.54, 1.807) is 0 Å². The van der Waals surface area contributed by atoms with E-state index in [0.29, 0.717) is 10.7 Å². The molecule has 0 aromatic rings. The SMILES string of the molecule is CC1CN(C(N)=NCC2(C)CCCS2)CCO1. The summed E-state index contributed by atoms with van der Waals surface area (Å²) in [4.78, 5) is 6.72. The topological polar surface area (TPSA) is 50.8 Å². The van der Waals surface area contributed by atoms with Gasteiger partial charge in [-0.1, -0.05) is 0 Å². The summed E-state index contributed by atoms with van der Waals surface area (Å²) in [6.07, 6.45) is 2.83. The zero-order valence-electron chi connectivity index (χ0n) is 10.8. The molecule has 2 aliphatic heterocycles. The van der Waals surface area contributed by atoms with Crippen molar-refractivity contribution in [1.82, 2.24) is 4.90 Å². The molecule has 0 spiro atoms. The van der Waals surface area contributed by atoms with Crippen LogP contribution < -0.4 is 5.73 Å². The summed E-state index contributed by atoms with van der Waals surface area (Å²) in [6.45, 7) is 7.69. The zero-order valence-corrected chi connectivity index (χ0v) is 11.6. The van der Waals surface area contributed by atoms with Crippen LogP contribution in [0.25, 0.3) is 0 Å². The fourth-order valence-electron chi connectivity index (χ4n) is 2.34. The van der Waals surface area contributed by atoms with Crippen molar-refractivity contribution in [3.05, 3.63) is 0 Å². The highest BCUT2D eigenvalue weighted by atomic mass is 32.2. The van der Waals surface area contributed by atoms with Crippen molar-refractivity contribution < 1.29 is 4.74 Å². The second kappa shape index (κ2) is 5.48. The van der Waals surface area contributed by atoms with Gasteiger partial charge in [0.05, 0.1) is 19.3 Å². The monoisotopic (exact) mass is 257 g/mol. The Kier molecular flexibility index (Phi) is 4.20. The lowest BCUT2D eigenvalue weighted by atomic mass is 10.1. The number of hydrogen-bond acceptors (Lipinski definition) is 3. The van der Waals surface area contributed by atoms with Crippen LogP contribution in [0.5, 0.6) is 0 Å². The molecule has 2 unspecified atom stereocenters. The van der Waals surface area contributed by atoms with Gasteiger partial charge in [0.2, 0.25) is 0 Å². The number of aliphatic imine (C=N–C) groups is 1. The van der Waals surface area contributed by atoms with Gasteiger partial charge >= 0.3 is 0 Å². The third kappa shape index (κ3) is 3.52. The van der Waals surface area contributed by atoms with Gasteiger partial charge in [0.1, 0.15) is 0 Å². The van der Waals surface area contributed by atoms with Gasteiger partial charge in [-0.3, -0.25) is 4.99 Å². The maximum Gasteiger partial charge on any atom is 0.191 e. The van der Waals surface area contributed by atoms with Crippen molar-refractivity contribution in [3.63, 3.8) is 0 Å². The van der Waals surface area contributed by atoms with E-state index in [1.165, 1.54) is 18.6 Å². The molecule has 98 valence electrons. The highest BCUT2D eigenvalue weighted by molar-refractivity contribution is 8.00. The van der Waals surface area contributed by atoms with Gasteiger partial charge in [0.25, 0.3) is 0 Å². The van der Waals surface area contributed by atoms with Crippen LogP contribution in [-0.4, -0.2) is 53.7 Å². The first kappa shape index (κ1) is 13.0. The Morgan fingerprint density at radius 3 is 3.12 bits per heavy atom. The fourth-order valence-corrected chi connectivity index (χ4v) is 3.56. The third-order valence-corrected chi connectivity index (χ3v) is 4.96. The number of ether oxygens (including phenoxy) is 1. The molecule has 0 aromatic heterocycles. The molecule has 4 nitrogen and oxygen atoms in total. The molecule has 0 amide bonds. The normalized spacial score (nSPS) is 35.3. The Hall–Kier alpha value is -0.420. The lowest BCUT2D eigenvalue weighted by Crippen LogP contribution is -2.48. The van der Waals surface area contributed by atoms with Gasteiger partial charge in [0, 0.05) is 17.8 Å². The van der Waals surface area contributed by atoms with Crippen molar-refractivity contribution in [1.29, 1.82) is 0 Å². The second-order valence-electron chi connectivity index (χ2n) is 5.20. The number of guanidine groups is 1. The van der Waals surface area contributed by atoms with Crippen LogP contribution in [0.1, 0.15) is 26.7 Å². The minimum Gasteiger partial charge on any atom is -0.375 e. The molecular weight excluding hydrogens is 234 g/mol. The van der Waals surface area contributed by atoms with Crippen molar-refractivity contribution in [2.24, 2.45) is 10.7 Å². The van der Waals surface area contributed by atoms with E-state index in [2.05, 4.69) is 23.7 Å². The summed E-state index contributed by atoms with van der Waals surface area (Å²) in [7, 11) is 0. The smallest absolute Gasteiger partial charge is 0.191 e. The predicted octanol–water partition coefficient (Wildman–Crippen LogP) is 1.31. The minimum absolute atomic E-state index is 0.258. The van der Waals surface area contributed by atoms with Crippen molar-refractivity contribution in [3.8, 4) is 0 Å². The van der Waals surface area contributed by atoms with Crippen LogP contribution in [0.15, 0.2) is 4.99 Å². The van der Waals surface area contributed by atoms with Gasteiger partial charge in [-0.25, -0.2) is 0 Å². The fraction of sp³-hybridized carbons (Fsp3) is 0.917. The first-order chi connectivity index (χ1) is 8.09. The molecule has 0 bridgehead atoms. The zero-order chi connectivity index (χ0) is 12.3. The Morgan fingerprint density at radius 2 is 2.47 bits per heavy atom. The van der Waals surface area contributed by atoms with E-state index in [0.717, 1.165) is 26.2 Å². The van der Waals surface area contributed by atoms with E-state index < -0.39 is 0 Å². The van der Waals surface area contributed by atoms with Crippen molar-refractivity contribution in [2.45, 2.75) is 37.5 Å². The Balaban J connectivity index is 1.87. The van der Waals surface area contributed by atoms with Crippen LogP contribution in [0.3, 0.4) is 0 Å². The lowest BCUT2D eigenvalue weighted by molar-refractivity contribution is 0.00529. The second-order valence-corrected chi connectivity index (χ2v) is 6.89. The summed E-state index contributed by atoms with van der Waals surface area (Å²) in [5.74, 6) is 1.95. The van der Waals surface area contributed by atoms with Crippen LogP contribution in [0, 0.1) is 0 Å². The summed E-state index contributed by atoms with van der Waals surface area (Å²) in [5.41, 5.74) is 6.06. The van der Waals surface area contributed by atoms with Crippen LogP contribution >= 0.6 is 11.8 Å². The van der Waals surface area contributed by atoms with E-state index >= 15 is 0 Å². The molecule has 17 heavy (non-hydrogen) atoms. The summed E-state index contributed by atoms with van der Waals surface area (Å²) >= 11 is 2.03. The molecule has 0 radical (unpaired) electrons. The molecule has 2 saturated heterocycles. The van der Waals surface area contributed by atoms with E-state index in [-0.39, 0.29) is 6.10 Å². The molecule has 2 fully saturated rings. The maximum absolute atomic E-state index is 6.06. The maximum atomic E-state index is 6.06. The average Bonchev–Trinajstić information content (AvgIpc) is 2.74. The van der Waals surface area contributed by atoms with Gasteiger partial charge in [-0.05, 0) is 32.4 Å². The summed E-state index contributed by atoms with van der Waals surface area (Å²) in [5, 5.41) is 0. The molecule has 2 heterocycles. The van der Waals surface area contributed by atoms with Gasteiger partial charge in [0.15, 0.2) is 5.96 Å². The van der Waals surface area contributed by atoms with Crippen LogP contribution in [0.2, 0.25) is 0 Å². The number of nitrogens with two attached hydrogens (primary N) is 1. The van der Waals surface area contributed by atoms with Gasteiger partial charge < -0.3 is 15.4 Å². The Morgan fingerprint density at radius 1 is 1.65 bits per heavy atom. The molecule has 5 heteroatoms. The molecule has 2 rings (SSSR count). The van der Waals surface area contributed by atoms with Crippen LogP contribution in [-0.2, 0) is 4.74 Å². The molecule has 2 atom stereocenters. The standard InChI is InChI=1S/C12H23N3OS/c1-10-8-15(5-6-16-10)11(13)14-9-12(2)4-3-7-17-12/h10H,3-9H2,1-2H3,(H2,13,14). The van der Waals surface area contributed by atoms with E-state index in [9.17, 15) is 0 Å². The van der Waals surface area contributed by atoms with Gasteiger partial charge in [-0.2, -0.15) is 11.8 Å². The molecule has 2 aliphatic rings. The summed E-state index contributed by atoms with van der Waals surface area (Å²) in [6, 6.07) is 0. The number of hydrogen-bond donors (Lipinski definition) is 1. The molecule has 2 N–H and O–H groups in total. The first-order valence-electron chi connectivity index (χ1n) is 6.39. The third-order valence-electron chi connectivity index (χ3n) is 3.44. The van der Waals surface area contributed by atoms with Gasteiger partial charge in [-0.15, -0.1) is 0 Å². The van der Waals surface area contributed by atoms with E-state index in [4.69, 9.17) is 10.5 Å². The van der Waals surface area contributed by atoms with E-state index in [1.807, 2.05) is 11.8 Å². The number of rotatable bonds is 2. The number of morpholine rings is 1. The highest BCUT2D eigenvalue weighted by Gasteiger charge is 2.29. The van der Waals surface area contributed by atoms with Crippen LogP contribution in [0.4, 0.5) is 0 Å². The molecule has 0 aliphatic carbocycles.